The van der Waals surface area contributed by atoms with Crippen LogP contribution in [0.2, 0.25) is 0 Å². The summed E-state index contributed by atoms with van der Waals surface area (Å²) in [6.07, 6.45) is 8.98. The summed E-state index contributed by atoms with van der Waals surface area (Å²) in [6.45, 7) is 2.01. The van der Waals surface area contributed by atoms with E-state index in [4.69, 9.17) is 6.42 Å². The van der Waals surface area contributed by atoms with E-state index >= 15 is 0 Å². The molecule has 0 aliphatic carbocycles. The smallest absolute Gasteiger partial charge is 0.0422 e. The van der Waals surface area contributed by atoms with Crippen LogP contribution in [0.15, 0.2) is 11.4 Å². The van der Waals surface area contributed by atoms with Crippen molar-refractivity contribution in [3.63, 3.8) is 0 Å². The number of hydrogen-bond acceptors (Lipinski definition) is 1. The molecule has 0 aliphatic rings. The summed E-state index contributed by atoms with van der Waals surface area (Å²) < 4.78 is 1.17. The first-order chi connectivity index (χ1) is 4.88. The molecule has 0 nitrogen and oxygen atoms in total. The molecule has 50 valence electrons. The van der Waals surface area contributed by atoms with Gasteiger partial charge < -0.3 is 0 Å². The average Bonchev–Trinajstić information content (AvgIpc) is 2.36. The van der Waals surface area contributed by atoms with Crippen LogP contribution in [0.5, 0.6) is 0 Å². The minimum absolute atomic E-state index is 1.17. The van der Waals surface area contributed by atoms with Crippen molar-refractivity contribution in [3.8, 4) is 12.3 Å². The zero-order chi connectivity index (χ0) is 7.40. The Morgan fingerprint density at radius 3 is 3.10 bits per heavy atom. The molecule has 0 aliphatic heterocycles. The Kier molecular flexibility index (Phi) is 2.30. The van der Waals surface area contributed by atoms with E-state index in [1.54, 1.807) is 17.4 Å². The van der Waals surface area contributed by atoms with Gasteiger partial charge in [-0.05, 0) is 23.6 Å². The van der Waals surface area contributed by atoms with E-state index in [0.717, 1.165) is 0 Å². The SMILES string of the molecule is C#C/C=c1/scc/c1=C/C. The van der Waals surface area contributed by atoms with Gasteiger partial charge in [-0.3, -0.25) is 0 Å². The van der Waals surface area contributed by atoms with Gasteiger partial charge in [-0.1, -0.05) is 12.0 Å². The largest absolute Gasteiger partial charge is 0.143 e. The van der Waals surface area contributed by atoms with Crippen LogP contribution in [0.25, 0.3) is 12.2 Å². The van der Waals surface area contributed by atoms with Crippen LogP contribution in [0, 0.1) is 12.3 Å². The van der Waals surface area contributed by atoms with E-state index in [1.807, 2.05) is 12.3 Å². The van der Waals surface area contributed by atoms with Crippen LogP contribution >= 0.6 is 11.3 Å². The van der Waals surface area contributed by atoms with E-state index in [1.165, 1.54) is 9.75 Å². The third kappa shape index (κ3) is 1.29. The fraction of sp³-hybridized carbons (Fsp3) is 0.111. The quantitative estimate of drug-likeness (QED) is 0.481. The highest BCUT2D eigenvalue weighted by molar-refractivity contribution is 7.07. The van der Waals surface area contributed by atoms with Crippen molar-refractivity contribution in [2.24, 2.45) is 0 Å². The highest BCUT2D eigenvalue weighted by Gasteiger charge is 1.81. The molecule has 1 rings (SSSR count). The first-order valence-electron chi connectivity index (χ1n) is 3.04. The summed E-state index contributed by atoms with van der Waals surface area (Å²) in [5, 5.41) is 3.27. The Labute approximate surface area is 64.5 Å². The van der Waals surface area contributed by atoms with E-state index in [2.05, 4.69) is 18.1 Å². The molecule has 0 unspecified atom stereocenters. The van der Waals surface area contributed by atoms with Crippen LogP contribution in [-0.2, 0) is 0 Å². The van der Waals surface area contributed by atoms with Crippen molar-refractivity contribution in [2.45, 2.75) is 6.92 Å². The molecule has 0 bridgehead atoms. The monoisotopic (exact) mass is 148 g/mol. The van der Waals surface area contributed by atoms with E-state index in [9.17, 15) is 0 Å². The highest BCUT2D eigenvalue weighted by atomic mass is 32.1. The normalized spacial score (nSPS) is 13.6. The van der Waals surface area contributed by atoms with E-state index in [-0.39, 0.29) is 0 Å². The molecule has 0 saturated heterocycles. The molecule has 1 heteroatoms. The van der Waals surface area contributed by atoms with E-state index in [0.29, 0.717) is 0 Å². The van der Waals surface area contributed by atoms with Gasteiger partial charge in [0, 0.05) is 10.6 Å². The van der Waals surface area contributed by atoms with Crippen molar-refractivity contribution >= 4 is 23.5 Å². The third-order valence-electron chi connectivity index (χ3n) is 1.25. The van der Waals surface area contributed by atoms with Gasteiger partial charge >= 0.3 is 0 Å². The van der Waals surface area contributed by atoms with Crippen molar-refractivity contribution in [1.29, 1.82) is 0 Å². The molecule has 1 aromatic rings. The third-order valence-corrected chi connectivity index (χ3v) is 2.13. The first-order valence-corrected chi connectivity index (χ1v) is 3.92. The second-order valence-electron chi connectivity index (χ2n) is 1.84. The molecule has 0 amide bonds. The van der Waals surface area contributed by atoms with Gasteiger partial charge in [0.05, 0.1) is 0 Å². The summed E-state index contributed by atoms with van der Waals surface area (Å²) in [4.78, 5) is 0. The van der Waals surface area contributed by atoms with Gasteiger partial charge in [0.15, 0.2) is 0 Å². The Balaban J connectivity index is 3.46. The van der Waals surface area contributed by atoms with Crippen LogP contribution in [0.3, 0.4) is 0 Å². The first kappa shape index (κ1) is 7.11. The molecular weight excluding hydrogens is 140 g/mol. The Morgan fingerprint density at radius 1 is 1.70 bits per heavy atom. The number of rotatable bonds is 0. The predicted octanol–water partition coefficient (Wildman–Crippen LogP) is 0.962. The lowest BCUT2D eigenvalue weighted by atomic mass is 10.4. The molecule has 0 radical (unpaired) electrons. The molecule has 0 saturated carbocycles. The topological polar surface area (TPSA) is 0 Å². The van der Waals surface area contributed by atoms with Gasteiger partial charge in [-0.15, -0.1) is 17.8 Å². The molecule has 1 heterocycles. The molecule has 0 atom stereocenters. The lowest BCUT2D eigenvalue weighted by Gasteiger charge is -1.71. The van der Waals surface area contributed by atoms with Crippen molar-refractivity contribution < 1.29 is 0 Å². The summed E-state index contributed by atoms with van der Waals surface area (Å²) >= 11 is 1.67. The van der Waals surface area contributed by atoms with Crippen LogP contribution < -0.4 is 9.75 Å². The van der Waals surface area contributed by atoms with E-state index < -0.39 is 0 Å². The zero-order valence-corrected chi connectivity index (χ0v) is 6.61. The summed E-state index contributed by atoms with van der Waals surface area (Å²) in [5.41, 5.74) is 0. The lowest BCUT2D eigenvalue weighted by molar-refractivity contribution is 1.68. The average molecular weight is 148 g/mol. The zero-order valence-electron chi connectivity index (χ0n) is 5.79. The molecule has 0 N–H and O–H groups in total. The van der Waals surface area contributed by atoms with Crippen LogP contribution in [0.4, 0.5) is 0 Å². The Bertz CT molecular complexity index is 349. The summed E-state index contributed by atoms with van der Waals surface area (Å²) in [7, 11) is 0. The summed E-state index contributed by atoms with van der Waals surface area (Å²) in [5.74, 6) is 2.51. The molecule has 1 aromatic heterocycles. The molecular formula is C9H8S. The van der Waals surface area contributed by atoms with Crippen molar-refractivity contribution in [1.82, 2.24) is 0 Å². The van der Waals surface area contributed by atoms with Gasteiger partial charge in [0.1, 0.15) is 0 Å². The van der Waals surface area contributed by atoms with Gasteiger partial charge in [0.2, 0.25) is 0 Å². The number of hydrogen-bond donors (Lipinski definition) is 0. The maximum absolute atomic E-state index is 5.13. The van der Waals surface area contributed by atoms with Crippen molar-refractivity contribution in [3.05, 3.63) is 21.2 Å². The molecule has 0 spiro atoms. The Morgan fingerprint density at radius 2 is 2.50 bits per heavy atom. The van der Waals surface area contributed by atoms with Crippen molar-refractivity contribution in [2.75, 3.05) is 0 Å². The summed E-state index contributed by atoms with van der Waals surface area (Å²) in [6, 6.07) is 2.06. The second-order valence-corrected chi connectivity index (χ2v) is 2.79. The molecule has 0 fully saturated rings. The van der Waals surface area contributed by atoms with Crippen LogP contribution in [0.1, 0.15) is 6.92 Å². The Hall–Kier alpha value is -1.00. The predicted molar refractivity (Wildman–Crippen MR) is 47.0 cm³/mol. The second kappa shape index (κ2) is 3.24. The van der Waals surface area contributed by atoms with Gasteiger partial charge in [-0.25, -0.2) is 0 Å². The minimum Gasteiger partial charge on any atom is -0.143 e. The number of terminal acetylenes is 1. The van der Waals surface area contributed by atoms with Gasteiger partial charge in [0.25, 0.3) is 0 Å². The minimum atomic E-state index is 1.17. The standard InChI is InChI=1S/C9H8S/c1-3-5-9-8(4-2)6-7-10-9/h1,4-7H,2H3/b8-4-,9-5+. The maximum atomic E-state index is 5.13. The van der Waals surface area contributed by atoms with Gasteiger partial charge in [-0.2, -0.15) is 0 Å². The molecule has 10 heavy (non-hydrogen) atoms. The fourth-order valence-corrected chi connectivity index (χ4v) is 1.58. The lowest BCUT2D eigenvalue weighted by Crippen LogP contribution is -2.16. The number of thiophene rings is 1. The van der Waals surface area contributed by atoms with Crippen LogP contribution in [-0.4, -0.2) is 0 Å². The highest BCUT2D eigenvalue weighted by Crippen LogP contribution is 1.80. The fourth-order valence-electron chi connectivity index (χ4n) is 0.762. The maximum Gasteiger partial charge on any atom is 0.0422 e. The molecule has 0 aromatic carbocycles.